The largest absolute Gasteiger partial charge is 0.295 e. The van der Waals surface area contributed by atoms with Crippen LogP contribution in [0.1, 0.15) is 43.7 Å². The van der Waals surface area contributed by atoms with E-state index in [1.54, 1.807) is 0 Å². The van der Waals surface area contributed by atoms with Crippen molar-refractivity contribution < 1.29 is 0 Å². The lowest BCUT2D eigenvalue weighted by Gasteiger charge is -2.22. The summed E-state index contributed by atoms with van der Waals surface area (Å²) < 4.78 is 0. The van der Waals surface area contributed by atoms with Gasteiger partial charge in [-0.05, 0) is 24.1 Å². The van der Waals surface area contributed by atoms with Gasteiger partial charge in [0.25, 0.3) is 0 Å². The van der Waals surface area contributed by atoms with Gasteiger partial charge in [0.05, 0.1) is 0 Å². The van der Waals surface area contributed by atoms with Crippen molar-refractivity contribution in [2.45, 2.75) is 45.7 Å². The molecule has 0 unspecified atom stereocenters. The fourth-order valence-electron chi connectivity index (χ4n) is 2.66. The molecule has 120 valence electrons. The lowest BCUT2D eigenvalue weighted by molar-refractivity contribution is 0.250. The van der Waals surface area contributed by atoms with Crippen molar-refractivity contribution in [3.63, 3.8) is 0 Å². The Morgan fingerprint density at radius 3 is 1.64 bits per heavy atom. The van der Waals surface area contributed by atoms with Crippen LogP contribution in [-0.2, 0) is 13.1 Å². The number of halogens is 1. The van der Waals surface area contributed by atoms with Crippen molar-refractivity contribution in [1.82, 2.24) is 4.90 Å². The maximum Gasteiger partial charge on any atom is 0.0237 e. The Balaban J connectivity index is 0.00000242. The van der Waals surface area contributed by atoms with Crippen LogP contribution >= 0.6 is 12.4 Å². The molecule has 0 spiro atoms. The van der Waals surface area contributed by atoms with E-state index < -0.39 is 0 Å². The molecule has 0 fully saturated rings. The Hall–Kier alpha value is -1.31. The van der Waals surface area contributed by atoms with E-state index in [0.717, 1.165) is 13.1 Å². The van der Waals surface area contributed by atoms with Gasteiger partial charge >= 0.3 is 0 Å². The zero-order chi connectivity index (χ0) is 14.8. The zero-order valence-electron chi connectivity index (χ0n) is 13.6. The van der Waals surface area contributed by atoms with E-state index in [-0.39, 0.29) is 12.4 Å². The SMILES string of the molecule is CCCCCCN(Cc1ccccc1)Cc1ccccc1.Cl. The number of hydrogen-bond donors (Lipinski definition) is 0. The first-order valence-corrected chi connectivity index (χ1v) is 8.18. The minimum atomic E-state index is 0. The molecule has 0 atom stereocenters. The monoisotopic (exact) mass is 317 g/mol. The molecule has 0 bridgehead atoms. The second kappa shape index (κ2) is 11.3. The summed E-state index contributed by atoms with van der Waals surface area (Å²) >= 11 is 0. The third kappa shape index (κ3) is 7.11. The average Bonchev–Trinajstić information content (AvgIpc) is 2.53. The zero-order valence-corrected chi connectivity index (χ0v) is 14.4. The van der Waals surface area contributed by atoms with Crippen molar-refractivity contribution in [3.8, 4) is 0 Å². The smallest absolute Gasteiger partial charge is 0.0237 e. The van der Waals surface area contributed by atoms with Crippen LogP contribution in [0.4, 0.5) is 0 Å². The van der Waals surface area contributed by atoms with E-state index in [9.17, 15) is 0 Å². The molecule has 22 heavy (non-hydrogen) atoms. The summed E-state index contributed by atoms with van der Waals surface area (Å²) in [5.41, 5.74) is 2.81. The number of rotatable bonds is 9. The van der Waals surface area contributed by atoms with Gasteiger partial charge in [0, 0.05) is 13.1 Å². The first-order valence-electron chi connectivity index (χ1n) is 8.18. The highest BCUT2D eigenvalue weighted by atomic mass is 35.5. The quantitative estimate of drug-likeness (QED) is 0.537. The van der Waals surface area contributed by atoms with Crippen molar-refractivity contribution >= 4 is 12.4 Å². The molecule has 0 saturated carbocycles. The Morgan fingerprint density at radius 1 is 0.682 bits per heavy atom. The van der Waals surface area contributed by atoms with Gasteiger partial charge in [-0.15, -0.1) is 12.4 Å². The summed E-state index contributed by atoms with van der Waals surface area (Å²) in [6.07, 6.45) is 5.30. The fraction of sp³-hybridized carbons (Fsp3) is 0.400. The van der Waals surface area contributed by atoms with Crippen molar-refractivity contribution in [3.05, 3.63) is 71.8 Å². The van der Waals surface area contributed by atoms with Gasteiger partial charge in [0.15, 0.2) is 0 Å². The van der Waals surface area contributed by atoms with Crippen molar-refractivity contribution in [2.24, 2.45) is 0 Å². The third-order valence-electron chi connectivity index (χ3n) is 3.83. The Labute approximate surface area is 141 Å². The minimum absolute atomic E-state index is 0. The van der Waals surface area contributed by atoms with E-state index in [1.807, 2.05) is 0 Å². The molecule has 2 aromatic rings. The second-order valence-corrected chi connectivity index (χ2v) is 5.74. The normalized spacial score (nSPS) is 10.5. The summed E-state index contributed by atoms with van der Waals surface area (Å²) in [5, 5.41) is 0. The van der Waals surface area contributed by atoms with Crippen LogP contribution in [-0.4, -0.2) is 11.4 Å². The molecule has 0 aliphatic rings. The van der Waals surface area contributed by atoms with Gasteiger partial charge in [-0.2, -0.15) is 0 Å². The van der Waals surface area contributed by atoms with Gasteiger partial charge in [0.2, 0.25) is 0 Å². The Bertz CT molecular complexity index is 442. The molecule has 2 aromatic carbocycles. The molecule has 0 aliphatic carbocycles. The lowest BCUT2D eigenvalue weighted by Crippen LogP contribution is -2.24. The third-order valence-corrected chi connectivity index (χ3v) is 3.83. The van der Waals surface area contributed by atoms with Crippen LogP contribution in [0.5, 0.6) is 0 Å². The number of hydrogen-bond acceptors (Lipinski definition) is 1. The fourth-order valence-corrected chi connectivity index (χ4v) is 2.66. The molecule has 0 amide bonds. The molecule has 1 nitrogen and oxygen atoms in total. The van der Waals surface area contributed by atoms with Crippen LogP contribution in [0.3, 0.4) is 0 Å². The van der Waals surface area contributed by atoms with E-state index in [4.69, 9.17) is 0 Å². The van der Waals surface area contributed by atoms with Gasteiger partial charge < -0.3 is 0 Å². The molecule has 0 heterocycles. The first kappa shape index (κ1) is 18.7. The summed E-state index contributed by atoms with van der Waals surface area (Å²) in [4.78, 5) is 2.57. The Kier molecular flexibility index (Phi) is 9.61. The van der Waals surface area contributed by atoms with Crippen LogP contribution in [0.25, 0.3) is 0 Å². The number of unbranched alkanes of at least 4 members (excludes halogenated alkanes) is 3. The molecule has 0 aliphatic heterocycles. The van der Waals surface area contributed by atoms with E-state index >= 15 is 0 Å². The van der Waals surface area contributed by atoms with E-state index in [2.05, 4.69) is 72.5 Å². The molecule has 0 saturated heterocycles. The maximum absolute atomic E-state index is 2.57. The highest BCUT2D eigenvalue weighted by molar-refractivity contribution is 5.85. The summed E-state index contributed by atoms with van der Waals surface area (Å²) in [7, 11) is 0. The van der Waals surface area contributed by atoms with Crippen molar-refractivity contribution in [2.75, 3.05) is 6.54 Å². The van der Waals surface area contributed by atoms with E-state index in [1.165, 1.54) is 43.4 Å². The second-order valence-electron chi connectivity index (χ2n) is 5.74. The van der Waals surface area contributed by atoms with Gasteiger partial charge in [-0.3, -0.25) is 4.90 Å². The maximum atomic E-state index is 2.57. The number of nitrogens with zero attached hydrogens (tertiary/aromatic N) is 1. The van der Waals surface area contributed by atoms with Crippen LogP contribution in [0, 0.1) is 0 Å². The van der Waals surface area contributed by atoms with Crippen LogP contribution in [0.2, 0.25) is 0 Å². The van der Waals surface area contributed by atoms with E-state index in [0.29, 0.717) is 0 Å². The van der Waals surface area contributed by atoms with Crippen molar-refractivity contribution in [1.29, 1.82) is 0 Å². The number of benzene rings is 2. The molecule has 0 radical (unpaired) electrons. The highest BCUT2D eigenvalue weighted by Crippen LogP contribution is 2.12. The molecule has 0 N–H and O–H groups in total. The van der Waals surface area contributed by atoms with Gasteiger partial charge in [-0.25, -0.2) is 0 Å². The molecular weight excluding hydrogens is 290 g/mol. The first-order chi connectivity index (χ1) is 10.4. The minimum Gasteiger partial charge on any atom is -0.295 e. The Morgan fingerprint density at radius 2 is 1.18 bits per heavy atom. The summed E-state index contributed by atoms with van der Waals surface area (Å²) in [6, 6.07) is 21.6. The summed E-state index contributed by atoms with van der Waals surface area (Å²) in [6.45, 7) is 5.54. The van der Waals surface area contributed by atoms with Gasteiger partial charge in [-0.1, -0.05) is 86.8 Å². The standard InChI is InChI=1S/C20H27N.ClH/c1-2-3-4-11-16-21(17-19-12-7-5-8-13-19)18-20-14-9-6-10-15-20;/h5-10,12-15H,2-4,11,16-18H2,1H3;1H. The molecular formula is C20H28ClN. The van der Waals surface area contributed by atoms with Crippen LogP contribution in [0.15, 0.2) is 60.7 Å². The topological polar surface area (TPSA) is 3.24 Å². The molecule has 2 heteroatoms. The van der Waals surface area contributed by atoms with Gasteiger partial charge in [0.1, 0.15) is 0 Å². The molecule has 0 aromatic heterocycles. The highest BCUT2D eigenvalue weighted by Gasteiger charge is 2.06. The predicted molar refractivity (Wildman–Crippen MR) is 98.4 cm³/mol. The lowest BCUT2D eigenvalue weighted by atomic mass is 10.1. The summed E-state index contributed by atoms with van der Waals surface area (Å²) in [5.74, 6) is 0. The predicted octanol–water partition coefficient (Wildman–Crippen LogP) is 5.69. The molecule has 2 rings (SSSR count). The average molecular weight is 318 g/mol. The van der Waals surface area contributed by atoms with Crippen LogP contribution < -0.4 is 0 Å².